The van der Waals surface area contributed by atoms with Gasteiger partial charge in [0.25, 0.3) is 5.91 Å². The number of aryl methyl sites for hydroxylation is 1. The second kappa shape index (κ2) is 19.8. The number of likely N-dealkylation sites (N-methyl/N-ethyl adjacent to an activating group) is 1. The zero-order valence-electron chi connectivity index (χ0n) is 38.4. The number of hydrazine groups is 1. The van der Waals surface area contributed by atoms with Crippen molar-refractivity contribution >= 4 is 34.8 Å². The lowest BCUT2D eigenvalue weighted by Gasteiger charge is -2.36. The van der Waals surface area contributed by atoms with Crippen molar-refractivity contribution < 1.29 is 33.4 Å². The van der Waals surface area contributed by atoms with Gasteiger partial charge >= 0.3 is 12.1 Å². The van der Waals surface area contributed by atoms with Crippen LogP contribution in [0.4, 0.5) is 4.79 Å². The number of nitrogens with zero attached hydrogens (tertiary/aromatic N) is 4. The van der Waals surface area contributed by atoms with Crippen molar-refractivity contribution in [2.75, 3.05) is 27.3 Å². The smallest absolute Gasteiger partial charge is 0.410 e. The third-order valence-electron chi connectivity index (χ3n) is 12.4. The molecule has 13 nitrogen and oxygen atoms in total. The number of ether oxygens (including phenoxy) is 3. The Bertz CT molecular complexity index is 2480. The molecule has 6 bridgehead atoms. The van der Waals surface area contributed by atoms with E-state index in [9.17, 15) is 19.2 Å². The summed E-state index contributed by atoms with van der Waals surface area (Å²) in [7, 11) is 3.22. The fourth-order valence-corrected chi connectivity index (χ4v) is 9.10. The number of aromatic nitrogens is 2. The Kier molecular flexibility index (Phi) is 14.2. The number of hydrogen-bond donors (Lipinski definition) is 2. The van der Waals surface area contributed by atoms with E-state index in [0.29, 0.717) is 32.4 Å². The Balaban J connectivity index is 1.29. The molecule has 1 unspecified atom stereocenters. The monoisotopic (exact) mass is 870 g/mol. The fraction of sp³-hybridized carbons (Fsp3) is 0.431. The second-order valence-electron chi connectivity index (χ2n) is 18.2. The molecule has 13 heteroatoms. The third-order valence-corrected chi connectivity index (χ3v) is 12.4. The molecule has 4 atom stereocenters. The van der Waals surface area contributed by atoms with Crippen LogP contribution in [0.15, 0.2) is 91.1 Å². The predicted molar refractivity (Wildman–Crippen MR) is 247 cm³/mol. The molecule has 2 N–H and O–H groups in total. The van der Waals surface area contributed by atoms with Crippen LogP contribution >= 0.6 is 0 Å². The lowest BCUT2D eigenvalue weighted by atomic mass is 9.84. The minimum absolute atomic E-state index is 0.0502. The molecular weight excluding hydrogens is 809 g/mol. The molecule has 3 aromatic carbocycles. The lowest BCUT2D eigenvalue weighted by molar-refractivity contribution is -0.155. The summed E-state index contributed by atoms with van der Waals surface area (Å²) >= 11 is 0. The Morgan fingerprint density at radius 3 is 2.50 bits per heavy atom. The number of rotatable bonds is 10. The van der Waals surface area contributed by atoms with Gasteiger partial charge in [-0.3, -0.25) is 29.3 Å². The number of esters is 1. The summed E-state index contributed by atoms with van der Waals surface area (Å²) in [5.74, 6) is -1.66. The molecule has 2 aliphatic rings. The zero-order valence-corrected chi connectivity index (χ0v) is 38.4. The highest BCUT2D eigenvalue weighted by Gasteiger charge is 2.38. The zero-order chi connectivity index (χ0) is 45.7. The maximum absolute atomic E-state index is 14.6. The van der Waals surface area contributed by atoms with Crippen molar-refractivity contribution in [3.05, 3.63) is 114 Å². The van der Waals surface area contributed by atoms with E-state index in [1.807, 2.05) is 69.3 Å². The van der Waals surface area contributed by atoms with Gasteiger partial charge in [-0.2, -0.15) is 0 Å². The SMILES string of the molecule is CCn1c(-c2cccnc2[C@H](C)OC)c2c3cc(ccc31)-c1cccc(c1)C[C@H](NC(=O)C(C(C)C)N(C)C(=O)OCc1ccccc1)C(=O)N1CCC[C@H](N1)C(=O)OCC(C)(C)C2. The number of hydrogen-bond acceptors (Lipinski definition) is 9. The number of carbonyl (C=O) groups is 4. The van der Waals surface area contributed by atoms with Gasteiger partial charge in [0.05, 0.1) is 24.1 Å². The van der Waals surface area contributed by atoms with Gasteiger partial charge in [-0.25, -0.2) is 10.2 Å². The number of amides is 3. The predicted octanol–water partition coefficient (Wildman–Crippen LogP) is 8.04. The normalized spacial score (nSPS) is 18.8. The van der Waals surface area contributed by atoms with Crippen molar-refractivity contribution in [3.8, 4) is 22.4 Å². The highest BCUT2D eigenvalue weighted by atomic mass is 16.6. The highest BCUT2D eigenvalue weighted by molar-refractivity contribution is 5.96. The van der Waals surface area contributed by atoms with E-state index < -0.39 is 47.4 Å². The number of fused-ring (bicyclic) bond motifs is 6. The van der Waals surface area contributed by atoms with Gasteiger partial charge in [0.15, 0.2) is 0 Å². The largest absolute Gasteiger partial charge is 0.464 e. The molecule has 0 spiro atoms. The van der Waals surface area contributed by atoms with Crippen molar-refractivity contribution in [1.82, 2.24) is 30.2 Å². The summed E-state index contributed by atoms with van der Waals surface area (Å²) in [5, 5.41) is 5.55. The first kappa shape index (κ1) is 46.0. The maximum atomic E-state index is 14.6. The average molecular weight is 871 g/mol. The first-order valence-corrected chi connectivity index (χ1v) is 22.4. The fourth-order valence-electron chi connectivity index (χ4n) is 9.10. The van der Waals surface area contributed by atoms with Gasteiger partial charge in [-0.15, -0.1) is 0 Å². The van der Waals surface area contributed by atoms with Gasteiger partial charge in [-0.1, -0.05) is 88.4 Å². The average Bonchev–Trinajstić information content (AvgIpc) is 3.60. The minimum atomic E-state index is -1.05. The summed E-state index contributed by atoms with van der Waals surface area (Å²) in [6.07, 6.45) is 2.67. The lowest BCUT2D eigenvalue weighted by Crippen LogP contribution is -2.62. The molecule has 1 saturated heterocycles. The van der Waals surface area contributed by atoms with Crippen LogP contribution < -0.4 is 10.7 Å². The number of cyclic esters (lactones) is 1. The Labute approximate surface area is 376 Å². The molecule has 5 aromatic rings. The van der Waals surface area contributed by atoms with Gasteiger partial charge < -0.3 is 24.1 Å². The molecule has 0 saturated carbocycles. The number of pyridine rings is 1. The van der Waals surface area contributed by atoms with Crippen LogP contribution in [0, 0.1) is 11.3 Å². The quantitative estimate of drug-likeness (QED) is 0.133. The number of benzene rings is 3. The molecule has 1 fully saturated rings. The molecule has 3 amide bonds. The van der Waals surface area contributed by atoms with Crippen molar-refractivity contribution in [2.24, 2.45) is 11.3 Å². The molecule has 0 radical (unpaired) electrons. The van der Waals surface area contributed by atoms with Crippen LogP contribution in [0.2, 0.25) is 0 Å². The van der Waals surface area contributed by atoms with Crippen LogP contribution in [-0.2, 0) is 54.6 Å². The molecule has 2 aliphatic heterocycles. The Hall–Kier alpha value is -6.05. The number of carbonyl (C=O) groups excluding carboxylic acids is 4. The summed E-state index contributed by atoms with van der Waals surface area (Å²) in [5.41, 5.74) is 11.3. The molecule has 2 aromatic heterocycles. The minimum Gasteiger partial charge on any atom is -0.464 e. The highest BCUT2D eigenvalue weighted by Crippen LogP contribution is 2.42. The summed E-state index contributed by atoms with van der Waals surface area (Å²) in [6.45, 7) is 13.3. The van der Waals surface area contributed by atoms with E-state index in [2.05, 4.69) is 72.5 Å². The van der Waals surface area contributed by atoms with E-state index in [4.69, 9.17) is 19.2 Å². The first-order chi connectivity index (χ1) is 30.7. The van der Waals surface area contributed by atoms with Gasteiger partial charge in [0.1, 0.15) is 24.7 Å². The third kappa shape index (κ3) is 10.0. The van der Waals surface area contributed by atoms with Gasteiger partial charge in [-0.05, 0) is 91.1 Å². The van der Waals surface area contributed by atoms with Crippen molar-refractivity contribution in [3.63, 3.8) is 0 Å². The number of nitrogens with one attached hydrogen (secondary N) is 2. The van der Waals surface area contributed by atoms with E-state index >= 15 is 0 Å². The molecular formula is C51H62N6O7. The molecule has 4 heterocycles. The van der Waals surface area contributed by atoms with E-state index in [1.165, 1.54) is 17.0 Å². The Morgan fingerprint density at radius 1 is 1.00 bits per heavy atom. The van der Waals surface area contributed by atoms with Crippen LogP contribution in [0.3, 0.4) is 0 Å². The number of methoxy groups -OCH3 is 1. The summed E-state index contributed by atoms with van der Waals surface area (Å²) < 4.78 is 19.9. The summed E-state index contributed by atoms with van der Waals surface area (Å²) in [4.78, 5) is 62.3. The molecule has 338 valence electrons. The van der Waals surface area contributed by atoms with Crippen LogP contribution in [0.1, 0.15) is 82.9 Å². The van der Waals surface area contributed by atoms with Crippen LogP contribution in [0.5, 0.6) is 0 Å². The van der Waals surface area contributed by atoms with E-state index in [1.54, 1.807) is 13.3 Å². The van der Waals surface area contributed by atoms with E-state index in [-0.39, 0.29) is 31.7 Å². The maximum Gasteiger partial charge on any atom is 0.410 e. The molecule has 0 aliphatic carbocycles. The molecule has 7 rings (SSSR count). The van der Waals surface area contributed by atoms with Gasteiger partial charge in [0.2, 0.25) is 5.91 Å². The van der Waals surface area contributed by atoms with Crippen molar-refractivity contribution in [1.29, 1.82) is 0 Å². The molecule has 64 heavy (non-hydrogen) atoms. The standard InChI is InChI=1S/C51H62N6O7/c1-9-56-43-23-22-37-28-39(43)40(46(56)38-20-14-24-52-44(38)33(4)62-8)29-51(5,6)31-64-49(60)41-21-15-25-57(54-41)48(59)42(27-35-18-13-19-36(37)26-35)53-47(58)45(32(2)3)55(7)50(61)63-30-34-16-11-10-12-17-34/h10-14,16-20,22-24,26,28,32-33,41-42,45,54H,9,15,21,25,27,29-31H2,1-8H3,(H,53,58)/t33-,41-,42-,45?/m0/s1. The van der Waals surface area contributed by atoms with Crippen LogP contribution in [-0.4, -0.2) is 88.8 Å². The van der Waals surface area contributed by atoms with Gasteiger partial charge in [0, 0.05) is 61.7 Å². The van der Waals surface area contributed by atoms with Crippen LogP contribution in [0.25, 0.3) is 33.3 Å². The topological polar surface area (TPSA) is 144 Å². The van der Waals surface area contributed by atoms with E-state index in [0.717, 1.165) is 55.7 Å². The Morgan fingerprint density at radius 2 is 1.77 bits per heavy atom. The van der Waals surface area contributed by atoms with Crippen molar-refractivity contribution in [2.45, 2.75) is 105 Å². The second-order valence-corrected chi connectivity index (χ2v) is 18.2. The first-order valence-electron chi connectivity index (χ1n) is 22.4. The summed E-state index contributed by atoms with van der Waals surface area (Å²) in [6, 6.07) is 25.2.